The standard InChI is InChI=1S/C20H18Cl2N4S/c1-14-7-8-17(11-19(14)22)24-20(27)25-23-12-18-6-3-9-26(18)13-15-4-2-5-16(21)10-15/h2-12H,13H2,1H3,(H2,24,25,27)/b23-12+. The van der Waals surface area contributed by atoms with Gasteiger partial charge in [-0.3, -0.25) is 5.43 Å². The number of halogens is 2. The van der Waals surface area contributed by atoms with Gasteiger partial charge in [0.15, 0.2) is 5.11 Å². The van der Waals surface area contributed by atoms with Crippen LogP contribution < -0.4 is 10.7 Å². The average Bonchev–Trinajstić information content (AvgIpc) is 3.05. The van der Waals surface area contributed by atoms with Crippen molar-refractivity contribution < 1.29 is 0 Å². The van der Waals surface area contributed by atoms with Gasteiger partial charge in [0.1, 0.15) is 0 Å². The summed E-state index contributed by atoms with van der Waals surface area (Å²) in [5, 5.41) is 9.06. The fourth-order valence-corrected chi connectivity index (χ4v) is 3.07. The Morgan fingerprint density at radius 2 is 2.00 bits per heavy atom. The molecule has 0 radical (unpaired) electrons. The number of hydrogen-bond donors (Lipinski definition) is 2. The second-order valence-electron chi connectivity index (χ2n) is 5.98. The van der Waals surface area contributed by atoms with Crippen molar-refractivity contribution in [1.82, 2.24) is 9.99 Å². The van der Waals surface area contributed by atoms with Crippen molar-refractivity contribution in [3.63, 3.8) is 0 Å². The first kappa shape index (κ1) is 19.4. The zero-order valence-corrected chi connectivity index (χ0v) is 16.9. The molecule has 138 valence electrons. The Morgan fingerprint density at radius 1 is 1.15 bits per heavy atom. The summed E-state index contributed by atoms with van der Waals surface area (Å²) in [6, 6.07) is 17.4. The van der Waals surface area contributed by atoms with Gasteiger partial charge in [0.05, 0.1) is 11.9 Å². The van der Waals surface area contributed by atoms with Gasteiger partial charge < -0.3 is 9.88 Å². The molecule has 0 bridgehead atoms. The Hall–Kier alpha value is -2.34. The van der Waals surface area contributed by atoms with E-state index in [1.807, 2.05) is 67.7 Å². The van der Waals surface area contributed by atoms with Gasteiger partial charge in [-0.25, -0.2) is 0 Å². The summed E-state index contributed by atoms with van der Waals surface area (Å²) >= 11 is 17.4. The Kier molecular flexibility index (Phi) is 6.50. The molecule has 0 aliphatic carbocycles. The molecule has 27 heavy (non-hydrogen) atoms. The fourth-order valence-electron chi connectivity index (χ4n) is 2.51. The van der Waals surface area contributed by atoms with E-state index in [4.69, 9.17) is 35.4 Å². The number of thiocarbonyl (C=S) groups is 1. The van der Waals surface area contributed by atoms with Crippen LogP contribution in [0, 0.1) is 6.92 Å². The molecule has 0 aliphatic heterocycles. The monoisotopic (exact) mass is 416 g/mol. The summed E-state index contributed by atoms with van der Waals surface area (Å²) in [4.78, 5) is 0. The van der Waals surface area contributed by atoms with Crippen molar-refractivity contribution in [1.29, 1.82) is 0 Å². The Balaban J connectivity index is 1.59. The highest BCUT2D eigenvalue weighted by Crippen LogP contribution is 2.19. The molecule has 3 rings (SSSR count). The van der Waals surface area contributed by atoms with Gasteiger partial charge in [-0.15, -0.1) is 0 Å². The third-order valence-corrected chi connectivity index (χ3v) is 4.73. The number of benzene rings is 2. The van der Waals surface area contributed by atoms with Gasteiger partial charge >= 0.3 is 0 Å². The Bertz CT molecular complexity index is 982. The number of aromatic nitrogens is 1. The van der Waals surface area contributed by atoms with Crippen molar-refractivity contribution in [2.24, 2.45) is 5.10 Å². The molecule has 0 aliphatic rings. The molecule has 0 saturated heterocycles. The molecule has 0 atom stereocenters. The number of hydrogen-bond acceptors (Lipinski definition) is 2. The molecule has 0 amide bonds. The van der Waals surface area contributed by atoms with E-state index >= 15 is 0 Å². The van der Waals surface area contributed by atoms with Gasteiger partial charge in [0, 0.05) is 28.5 Å². The van der Waals surface area contributed by atoms with E-state index in [9.17, 15) is 0 Å². The summed E-state index contributed by atoms with van der Waals surface area (Å²) in [5.41, 5.74) is 6.71. The highest BCUT2D eigenvalue weighted by molar-refractivity contribution is 7.80. The summed E-state index contributed by atoms with van der Waals surface area (Å²) < 4.78 is 2.08. The van der Waals surface area contributed by atoms with Gasteiger partial charge in [-0.2, -0.15) is 5.10 Å². The SMILES string of the molecule is Cc1ccc(NC(=S)N/N=C/c2cccn2Cc2cccc(Cl)c2)cc1Cl. The van der Waals surface area contributed by atoms with Crippen LogP contribution in [0.1, 0.15) is 16.8 Å². The first-order chi connectivity index (χ1) is 13.0. The van der Waals surface area contributed by atoms with Gasteiger partial charge in [0.25, 0.3) is 0 Å². The lowest BCUT2D eigenvalue weighted by molar-refractivity contribution is 0.799. The lowest BCUT2D eigenvalue weighted by atomic mass is 10.2. The van der Waals surface area contributed by atoms with Crippen molar-refractivity contribution in [2.45, 2.75) is 13.5 Å². The minimum absolute atomic E-state index is 0.388. The zero-order valence-electron chi connectivity index (χ0n) is 14.6. The van der Waals surface area contributed by atoms with Crippen LogP contribution >= 0.6 is 35.4 Å². The lowest BCUT2D eigenvalue weighted by Gasteiger charge is -2.09. The Labute approximate surface area is 173 Å². The van der Waals surface area contributed by atoms with Gasteiger partial charge in [-0.05, 0) is 66.7 Å². The largest absolute Gasteiger partial charge is 0.342 e. The molecule has 1 heterocycles. The summed E-state index contributed by atoms with van der Waals surface area (Å²) in [5.74, 6) is 0. The van der Waals surface area contributed by atoms with Crippen molar-refractivity contribution in [3.05, 3.63) is 87.7 Å². The fraction of sp³-hybridized carbons (Fsp3) is 0.100. The van der Waals surface area contributed by atoms with Crippen LogP contribution in [0.4, 0.5) is 5.69 Å². The van der Waals surface area contributed by atoms with E-state index in [2.05, 4.69) is 20.4 Å². The maximum atomic E-state index is 6.12. The maximum absolute atomic E-state index is 6.12. The van der Waals surface area contributed by atoms with Crippen LogP contribution in [0.3, 0.4) is 0 Å². The predicted octanol–water partition coefficient (Wildman–Crippen LogP) is 5.47. The topological polar surface area (TPSA) is 41.4 Å². The van der Waals surface area contributed by atoms with Crippen LogP contribution in [0.15, 0.2) is 65.9 Å². The molecular weight excluding hydrogens is 399 g/mol. The number of hydrazone groups is 1. The summed E-state index contributed by atoms with van der Waals surface area (Å²) in [7, 11) is 0. The molecule has 4 nitrogen and oxygen atoms in total. The molecule has 0 spiro atoms. The van der Waals surface area contributed by atoms with Gasteiger partial charge in [0.2, 0.25) is 0 Å². The lowest BCUT2D eigenvalue weighted by Crippen LogP contribution is -2.24. The molecule has 2 N–H and O–H groups in total. The molecule has 0 unspecified atom stereocenters. The van der Waals surface area contributed by atoms with E-state index < -0.39 is 0 Å². The van der Waals surface area contributed by atoms with Crippen LogP contribution in [-0.2, 0) is 6.54 Å². The summed E-state index contributed by atoms with van der Waals surface area (Å²) in [6.45, 7) is 2.66. The first-order valence-corrected chi connectivity index (χ1v) is 9.43. The van der Waals surface area contributed by atoms with Crippen molar-refractivity contribution >= 4 is 52.4 Å². The third kappa shape index (κ3) is 5.57. The van der Waals surface area contributed by atoms with Crippen molar-refractivity contribution in [2.75, 3.05) is 5.32 Å². The van der Waals surface area contributed by atoms with Crippen LogP contribution in [0.5, 0.6) is 0 Å². The van der Waals surface area contributed by atoms with E-state index in [0.29, 0.717) is 16.7 Å². The van der Waals surface area contributed by atoms with E-state index in [1.165, 1.54) is 0 Å². The molecule has 3 aromatic rings. The quantitative estimate of drug-likeness (QED) is 0.329. The molecule has 0 fully saturated rings. The highest BCUT2D eigenvalue weighted by Gasteiger charge is 2.02. The minimum atomic E-state index is 0.388. The number of rotatable bonds is 5. The second kappa shape index (κ2) is 9.04. The zero-order chi connectivity index (χ0) is 19.2. The molecular formula is C20H18Cl2N4S. The Morgan fingerprint density at radius 3 is 2.78 bits per heavy atom. The van der Waals surface area contributed by atoms with E-state index in [0.717, 1.165) is 27.5 Å². The third-order valence-electron chi connectivity index (χ3n) is 3.90. The van der Waals surface area contributed by atoms with Crippen molar-refractivity contribution in [3.8, 4) is 0 Å². The minimum Gasteiger partial charge on any atom is -0.342 e. The summed E-state index contributed by atoms with van der Waals surface area (Å²) in [6.07, 6.45) is 3.72. The first-order valence-electron chi connectivity index (χ1n) is 8.27. The van der Waals surface area contributed by atoms with Crippen LogP contribution in [-0.4, -0.2) is 15.9 Å². The number of anilines is 1. The molecule has 7 heteroatoms. The number of nitrogens with zero attached hydrogens (tertiary/aromatic N) is 2. The van der Waals surface area contributed by atoms with E-state index in [1.54, 1.807) is 6.21 Å². The number of aryl methyl sites for hydroxylation is 1. The maximum Gasteiger partial charge on any atom is 0.191 e. The normalized spacial score (nSPS) is 10.9. The molecule has 1 aromatic heterocycles. The molecule has 0 saturated carbocycles. The second-order valence-corrected chi connectivity index (χ2v) is 7.23. The average molecular weight is 417 g/mol. The van der Waals surface area contributed by atoms with Gasteiger partial charge in [-0.1, -0.05) is 41.4 Å². The smallest absolute Gasteiger partial charge is 0.191 e. The number of nitrogens with one attached hydrogen (secondary N) is 2. The van der Waals surface area contributed by atoms with E-state index in [-0.39, 0.29) is 0 Å². The van der Waals surface area contributed by atoms with Crippen LogP contribution in [0.2, 0.25) is 10.0 Å². The predicted molar refractivity (Wildman–Crippen MR) is 118 cm³/mol. The van der Waals surface area contributed by atoms with Crippen LogP contribution in [0.25, 0.3) is 0 Å². The molecule has 2 aromatic carbocycles. The highest BCUT2D eigenvalue weighted by atomic mass is 35.5.